The van der Waals surface area contributed by atoms with E-state index in [-0.39, 0.29) is 18.0 Å². The van der Waals surface area contributed by atoms with E-state index in [0.29, 0.717) is 0 Å². The molecule has 0 aliphatic carbocycles. The molecule has 4 nitrogen and oxygen atoms in total. The van der Waals surface area contributed by atoms with Crippen LogP contribution in [0.1, 0.15) is 19.4 Å². The smallest absolute Gasteiger partial charge is 0.137 e. The predicted molar refractivity (Wildman–Crippen MR) is 65.1 cm³/mol. The second kappa shape index (κ2) is 5.05. The van der Waals surface area contributed by atoms with E-state index in [1.54, 1.807) is 13.8 Å². The van der Waals surface area contributed by atoms with Crippen molar-refractivity contribution in [2.75, 3.05) is 0 Å². The molecule has 1 unspecified atom stereocenters. The average Bonchev–Trinajstić information content (AvgIpc) is 2.84. The zero-order chi connectivity index (χ0) is 14.0. The quantitative estimate of drug-likeness (QED) is 0.923. The minimum atomic E-state index is -1.56. The Bertz CT molecular complexity index is 557. The summed E-state index contributed by atoms with van der Waals surface area (Å²) in [5.74, 6) is -1.56. The Morgan fingerprint density at radius 3 is 2.68 bits per heavy atom. The highest BCUT2D eigenvalue weighted by Gasteiger charge is 2.36. The van der Waals surface area contributed by atoms with Gasteiger partial charge in [0.25, 0.3) is 0 Å². The van der Waals surface area contributed by atoms with Crippen molar-refractivity contribution in [3.8, 4) is 0 Å². The lowest BCUT2D eigenvalue weighted by Gasteiger charge is -2.32. The summed E-state index contributed by atoms with van der Waals surface area (Å²) in [6.45, 7) is 3.48. The van der Waals surface area contributed by atoms with Gasteiger partial charge in [-0.05, 0) is 24.1 Å². The van der Waals surface area contributed by atoms with E-state index in [1.807, 2.05) is 0 Å². The van der Waals surface area contributed by atoms with Gasteiger partial charge in [0.05, 0.1) is 6.54 Å². The molecule has 0 fully saturated rings. The van der Waals surface area contributed by atoms with Crippen LogP contribution < -0.4 is 0 Å². The fourth-order valence-corrected chi connectivity index (χ4v) is 1.97. The molecule has 1 N–H and O–H groups in total. The molecule has 2 rings (SSSR count). The van der Waals surface area contributed by atoms with E-state index < -0.39 is 17.2 Å². The Kier molecular flexibility index (Phi) is 3.61. The van der Waals surface area contributed by atoms with Crippen LogP contribution in [-0.4, -0.2) is 19.9 Å². The first-order valence-electron chi connectivity index (χ1n) is 5.94. The number of rotatable bonds is 4. The van der Waals surface area contributed by atoms with Gasteiger partial charge in [-0.2, -0.15) is 5.10 Å². The SMILES string of the molecule is CC(C)C(O)(Cn1cncn1)c1cc(F)ccc1F. The van der Waals surface area contributed by atoms with Gasteiger partial charge in [0.2, 0.25) is 0 Å². The largest absolute Gasteiger partial charge is 0.383 e. The van der Waals surface area contributed by atoms with Crippen LogP contribution in [0.3, 0.4) is 0 Å². The van der Waals surface area contributed by atoms with Crippen molar-refractivity contribution >= 4 is 0 Å². The van der Waals surface area contributed by atoms with E-state index in [1.165, 1.54) is 17.3 Å². The first-order chi connectivity index (χ1) is 8.93. The Morgan fingerprint density at radius 1 is 1.37 bits per heavy atom. The summed E-state index contributed by atoms with van der Waals surface area (Å²) in [5, 5.41) is 14.6. The van der Waals surface area contributed by atoms with Gasteiger partial charge in [-0.15, -0.1) is 0 Å². The first kappa shape index (κ1) is 13.6. The number of hydrogen-bond acceptors (Lipinski definition) is 3. The van der Waals surface area contributed by atoms with Crippen LogP contribution in [0.25, 0.3) is 0 Å². The van der Waals surface area contributed by atoms with Crippen molar-refractivity contribution in [3.05, 3.63) is 48.1 Å². The third kappa shape index (κ3) is 2.63. The maximum absolute atomic E-state index is 13.9. The van der Waals surface area contributed by atoms with Crippen molar-refractivity contribution in [1.82, 2.24) is 14.8 Å². The molecule has 0 aliphatic rings. The normalized spacial score (nSPS) is 14.6. The minimum absolute atomic E-state index is 0.00500. The fraction of sp³-hybridized carbons (Fsp3) is 0.385. The lowest BCUT2D eigenvalue weighted by molar-refractivity contribution is -0.0326. The van der Waals surface area contributed by atoms with E-state index in [9.17, 15) is 13.9 Å². The van der Waals surface area contributed by atoms with E-state index >= 15 is 0 Å². The highest BCUT2D eigenvalue weighted by Crippen LogP contribution is 2.33. The van der Waals surface area contributed by atoms with Gasteiger partial charge in [0.15, 0.2) is 0 Å². The second-order valence-corrected chi connectivity index (χ2v) is 4.80. The summed E-state index contributed by atoms with van der Waals surface area (Å²) in [7, 11) is 0. The van der Waals surface area contributed by atoms with Crippen LogP contribution in [0.4, 0.5) is 8.78 Å². The average molecular weight is 267 g/mol. The van der Waals surface area contributed by atoms with Crippen molar-refractivity contribution in [1.29, 1.82) is 0 Å². The molecule has 19 heavy (non-hydrogen) atoms. The number of halogens is 2. The van der Waals surface area contributed by atoms with E-state index in [4.69, 9.17) is 0 Å². The third-order valence-electron chi connectivity index (χ3n) is 3.22. The van der Waals surface area contributed by atoms with Gasteiger partial charge in [0, 0.05) is 5.56 Å². The van der Waals surface area contributed by atoms with Gasteiger partial charge in [-0.3, -0.25) is 0 Å². The molecular formula is C13H15F2N3O. The molecule has 0 amide bonds. The monoisotopic (exact) mass is 267 g/mol. The topological polar surface area (TPSA) is 50.9 Å². The van der Waals surface area contributed by atoms with Crippen LogP contribution in [0.5, 0.6) is 0 Å². The summed E-state index contributed by atoms with van der Waals surface area (Å²) in [4.78, 5) is 3.77. The zero-order valence-electron chi connectivity index (χ0n) is 10.7. The predicted octanol–water partition coefficient (Wildman–Crippen LogP) is 2.10. The fourth-order valence-electron chi connectivity index (χ4n) is 1.97. The second-order valence-electron chi connectivity index (χ2n) is 4.80. The maximum atomic E-state index is 13.9. The van der Waals surface area contributed by atoms with Gasteiger partial charge in [-0.25, -0.2) is 18.4 Å². The molecule has 0 saturated carbocycles. The zero-order valence-corrected chi connectivity index (χ0v) is 10.7. The third-order valence-corrected chi connectivity index (χ3v) is 3.22. The Morgan fingerprint density at radius 2 is 2.11 bits per heavy atom. The molecule has 6 heteroatoms. The molecule has 2 aromatic rings. The van der Waals surface area contributed by atoms with Gasteiger partial charge < -0.3 is 5.11 Å². The summed E-state index contributed by atoms with van der Waals surface area (Å²) >= 11 is 0. The molecule has 0 radical (unpaired) electrons. The molecule has 1 aromatic heterocycles. The number of nitrogens with zero attached hydrogens (tertiary/aromatic N) is 3. The number of aromatic nitrogens is 3. The molecule has 1 atom stereocenters. The molecule has 0 spiro atoms. The van der Waals surface area contributed by atoms with Crippen LogP contribution in [0, 0.1) is 17.6 Å². The lowest BCUT2D eigenvalue weighted by atomic mass is 9.83. The van der Waals surface area contributed by atoms with Crippen molar-refractivity contribution in [2.24, 2.45) is 5.92 Å². The molecule has 0 aliphatic heterocycles. The van der Waals surface area contributed by atoms with Crippen LogP contribution in [0.15, 0.2) is 30.9 Å². The molecule has 0 saturated heterocycles. The maximum Gasteiger partial charge on any atom is 0.137 e. The van der Waals surface area contributed by atoms with Gasteiger partial charge >= 0.3 is 0 Å². The number of benzene rings is 1. The number of aliphatic hydroxyl groups is 1. The number of hydrogen-bond donors (Lipinski definition) is 1. The molecule has 1 heterocycles. The van der Waals surface area contributed by atoms with E-state index in [0.717, 1.165) is 18.2 Å². The summed E-state index contributed by atoms with van der Waals surface area (Å²) in [6.07, 6.45) is 2.74. The highest BCUT2D eigenvalue weighted by atomic mass is 19.1. The highest BCUT2D eigenvalue weighted by molar-refractivity contribution is 5.26. The van der Waals surface area contributed by atoms with Crippen molar-refractivity contribution in [3.63, 3.8) is 0 Å². The van der Waals surface area contributed by atoms with Crippen LogP contribution in [0.2, 0.25) is 0 Å². The van der Waals surface area contributed by atoms with Crippen LogP contribution in [-0.2, 0) is 12.1 Å². The summed E-state index contributed by atoms with van der Waals surface area (Å²) in [6, 6.07) is 3.06. The molecular weight excluding hydrogens is 252 g/mol. The van der Waals surface area contributed by atoms with Gasteiger partial charge in [0.1, 0.15) is 29.9 Å². The molecule has 102 valence electrons. The summed E-state index contributed by atoms with van der Waals surface area (Å²) in [5.41, 5.74) is -1.63. The van der Waals surface area contributed by atoms with Gasteiger partial charge in [-0.1, -0.05) is 13.8 Å². The lowest BCUT2D eigenvalue weighted by Crippen LogP contribution is -2.38. The Labute approximate surface area is 109 Å². The van der Waals surface area contributed by atoms with Crippen molar-refractivity contribution < 1.29 is 13.9 Å². The van der Waals surface area contributed by atoms with Crippen LogP contribution >= 0.6 is 0 Å². The Hall–Kier alpha value is -1.82. The summed E-state index contributed by atoms with van der Waals surface area (Å²) < 4.78 is 28.6. The standard InChI is InChI=1S/C13H15F2N3O/c1-9(2)13(19,6-18-8-16-7-17-18)11-5-10(14)3-4-12(11)15/h3-5,7-9,19H,6H2,1-2H3. The molecule has 0 bridgehead atoms. The Balaban J connectivity index is 2.46. The van der Waals surface area contributed by atoms with Crippen molar-refractivity contribution in [2.45, 2.75) is 26.0 Å². The first-order valence-corrected chi connectivity index (χ1v) is 5.94. The minimum Gasteiger partial charge on any atom is -0.383 e. The molecule has 1 aromatic carbocycles. The van der Waals surface area contributed by atoms with E-state index in [2.05, 4.69) is 10.1 Å².